The first kappa shape index (κ1) is 14.7. The van der Waals surface area contributed by atoms with Crippen LogP contribution in [-0.2, 0) is 0 Å². The Morgan fingerprint density at radius 3 is 2.95 bits per heavy atom. The third-order valence-electron chi connectivity index (χ3n) is 3.73. The predicted molar refractivity (Wildman–Crippen MR) is 86.7 cm³/mol. The molecule has 0 aliphatic carbocycles. The first-order chi connectivity index (χ1) is 10.2. The van der Waals surface area contributed by atoms with E-state index in [1.165, 1.54) is 4.88 Å². The van der Waals surface area contributed by atoms with Crippen molar-refractivity contribution in [1.82, 2.24) is 5.32 Å². The van der Waals surface area contributed by atoms with Crippen LogP contribution >= 0.6 is 22.9 Å². The molecule has 1 aromatic heterocycles. The van der Waals surface area contributed by atoms with Crippen molar-refractivity contribution in [3.05, 3.63) is 45.1 Å². The molecule has 3 rings (SSSR count). The summed E-state index contributed by atoms with van der Waals surface area (Å²) >= 11 is 7.64. The fourth-order valence-electron chi connectivity index (χ4n) is 2.62. The number of hydrogen-bond donors (Lipinski definition) is 1. The molecular formula is C16H18ClNO2S. The maximum atomic E-state index is 6.02. The summed E-state index contributed by atoms with van der Waals surface area (Å²) in [6, 6.07) is 10.5. The first-order valence-electron chi connectivity index (χ1n) is 6.99. The number of benzene rings is 1. The van der Waals surface area contributed by atoms with Gasteiger partial charge in [-0.05, 0) is 37.3 Å². The van der Waals surface area contributed by atoms with Crippen molar-refractivity contribution < 1.29 is 9.47 Å². The summed E-state index contributed by atoms with van der Waals surface area (Å²) in [4.78, 5) is 1.25. The molecule has 1 aliphatic rings. The molecule has 3 nitrogen and oxygen atoms in total. The minimum atomic E-state index is 0.254. The Kier molecular flexibility index (Phi) is 4.38. The lowest BCUT2D eigenvalue weighted by Gasteiger charge is -2.29. The molecule has 112 valence electrons. The van der Waals surface area contributed by atoms with Crippen LogP contribution in [0.5, 0.6) is 11.5 Å². The van der Waals surface area contributed by atoms with Crippen LogP contribution < -0.4 is 14.8 Å². The Hall–Kier alpha value is -1.23. The molecule has 0 fully saturated rings. The van der Waals surface area contributed by atoms with Crippen molar-refractivity contribution in [3.8, 4) is 11.5 Å². The molecule has 1 N–H and O–H groups in total. The molecular weight excluding hydrogens is 306 g/mol. The topological polar surface area (TPSA) is 30.5 Å². The summed E-state index contributed by atoms with van der Waals surface area (Å²) in [5, 5.41) is 3.67. The zero-order valence-corrected chi connectivity index (χ0v) is 13.6. The second-order valence-corrected chi connectivity index (χ2v) is 6.87. The minimum absolute atomic E-state index is 0.254. The molecule has 0 amide bonds. The predicted octanol–water partition coefficient (Wildman–Crippen LogP) is 4.58. The lowest BCUT2D eigenvalue weighted by Crippen LogP contribution is -2.29. The average molecular weight is 324 g/mol. The van der Waals surface area contributed by atoms with Gasteiger partial charge in [-0.25, -0.2) is 0 Å². The Morgan fingerprint density at radius 1 is 1.38 bits per heavy atom. The minimum Gasteiger partial charge on any atom is -0.497 e. The highest BCUT2D eigenvalue weighted by molar-refractivity contribution is 7.16. The van der Waals surface area contributed by atoms with Gasteiger partial charge in [0, 0.05) is 28.9 Å². The largest absolute Gasteiger partial charge is 0.497 e. The molecule has 0 saturated carbocycles. The van der Waals surface area contributed by atoms with E-state index in [1.807, 2.05) is 18.2 Å². The van der Waals surface area contributed by atoms with E-state index in [0.717, 1.165) is 34.4 Å². The number of hydrogen-bond acceptors (Lipinski definition) is 4. The maximum Gasteiger partial charge on any atom is 0.124 e. The Balaban J connectivity index is 1.81. The number of rotatable bonds is 4. The highest BCUT2D eigenvalue weighted by Crippen LogP contribution is 2.37. The van der Waals surface area contributed by atoms with Crippen molar-refractivity contribution in [3.63, 3.8) is 0 Å². The van der Waals surface area contributed by atoms with Gasteiger partial charge in [-0.1, -0.05) is 11.6 Å². The lowest BCUT2D eigenvalue weighted by atomic mass is 9.99. The third-order valence-corrected chi connectivity index (χ3v) is 5.14. The lowest BCUT2D eigenvalue weighted by molar-refractivity contribution is 0.245. The van der Waals surface area contributed by atoms with Gasteiger partial charge >= 0.3 is 0 Å². The van der Waals surface area contributed by atoms with E-state index in [0.29, 0.717) is 0 Å². The fraction of sp³-hybridized carbons (Fsp3) is 0.375. The molecule has 0 bridgehead atoms. The summed E-state index contributed by atoms with van der Waals surface area (Å²) in [6.45, 7) is 2.90. The van der Waals surface area contributed by atoms with Gasteiger partial charge < -0.3 is 14.8 Å². The summed E-state index contributed by atoms with van der Waals surface area (Å²) in [5.41, 5.74) is 1.16. The van der Waals surface area contributed by atoms with E-state index >= 15 is 0 Å². The Morgan fingerprint density at radius 2 is 2.24 bits per heavy atom. The van der Waals surface area contributed by atoms with Gasteiger partial charge in [0.2, 0.25) is 0 Å². The summed E-state index contributed by atoms with van der Waals surface area (Å²) in [6.07, 6.45) is 0.948. The van der Waals surface area contributed by atoms with Crippen LogP contribution in [-0.4, -0.2) is 13.7 Å². The average Bonchev–Trinajstić information content (AvgIpc) is 2.94. The summed E-state index contributed by atoms with van der Waals surface area (Å²) in [5.74, 6) is 1.80. The van der Waals surface area contributed by atoms with E-state index in [-0.39, 0.29) is 12.1 Å². The standard InChI is InChI=1S/C16H18ClNO2S/c1-10(15-5-6-16(17)21-15)18-13-7-8-20-14-4-3-11(19-2)9-12(13)14/h3-6,9-10,13,18H,7-8H2,1-2H3. The maximum absolute atomic E-state index is 6.02. The quantitative estimate of drug-likeness (QED) is 0.893. The van der Waals surface area contributed by atoms with Crippen LogP contribution in [0.3, 0.4) is 0 Å². The van der Waals surface area contributed by atoms with Crippen LogP contribution in [0.2, 0.25) is 4.34 Å². The smallest absolute Gasteiger partial charge is 0.124 e. The van der Waals surface area contributed by atoms with Crippen LogP contribution in [0.4, 0.5) is 0 Å². The highest BCUT2D eigenvalue weighted by Gasteiger charge is 2.24. The molecule has 2 unspecified atom stereocenters. The van der Waals surface area contributed by atoms with E-state index in [2.05, 4.69) is 24.4 Å². The van der Waals surface area contributed by atoms with Gasteiger partial charge in [0.25, 0.3) is 0 Å². The summed E-state index contributed by atoms with van der Waals surface area (Å²) in [7, 11) is 1.68. The zero-order chi connectivity index (χ0) is 14.8. The van der Waals surface area contributed by atoms with E-state index in [1.54, 1.807) is 18.4 Å². The van der Waals surface area contributed by atoms with Gasteiger partial charge in [-0.2, -0.15) is 0 Å². The number of ether oxygens (including phenoxy) is 2. The Labute approximate surface area is 133 Å². The number of methoxy groups -OCH3 is 1. The third kappa shape index (κ3) is 3.18. The second-order valence-electron chi connectivity index (χ2n) is 5.12. The first-order valence-corrected chi connectivity index (χ1v) is 8.19. The molecule has 21 heavy (non-hydrogen) atoms. The Bertz CT molecular complexity index is 628. The molecule has 0 spiro atoms. The number of thiophene rings is 1. The van der Waals surface area contributed by atoms with Crippen LogP contribution in [0.15, 0.2) is 30.3 Å². The van der Waals surface area contributed by atoms with E-state index in [9.17, 15) is 0 Å². The number of halogens is 1. The highest BCUT2D eigenvalue weighted by atomic mass is 35.5. The second kappa shape index (κ2) is 6.26. The summed E-state index contributed by atoms with van der Waals surface area (Å²) < 4.78 is 11.9. The van der Waals surface area contributed by atoms with Crippen LogP contribution in [0.25, 0.3) is 0 Å². The monoisotopic (exact) mass is 323 g/mol. The fourth-order valence-corrected chi connectivity index (χ4v) is 3.69. The number of nitrogens with one attached hydrogen (secondary N) is 1. The van der Waals surface area contributed by atoms with Gasteiger partial charge in [-0.3, -0.25) is 0 Å². The molecule has 2 aromatic rings. The SMILES string of the molecule is COc1ccc2c(c1)C(NC(C)c1ccc(Cl)s1)CCO2. The van der Waals surface area contributed by atoms with Crippen molar-refractivity contribution in [2.45, 2.75) is 25.4 Å². The van der Waals surface area contributed by atoms with Crippen molar-refractivity contribution in [2.75, 3.05) is 13.7 Å². The molecule has 0 radical (unpaired) electrons. The van der Waals surface area contributed by atoms with E-state index < -0.39 is 0 Å². The zero-order valence-electron chi connectivity index (χ0n) is 12.1. The van der Waals surface area contributed by atoms with Crippen molar-refractivity contribution in [2.24, 2.45) is 0 Å². The molecule has 0 saturated heterocycles. The van der Waals surface area contributed by atoms with Gasteiger partial charge in [-0.15, -0.1) is 11.3 Å². The van der Waals surface area contributed by atoms with Crippen LogP contribution in [0, 0.1) is 0 Å². The normalized spacial score (nSPS) is 18.7. The molecule has 1 aliphatic heterocycles. The van der Waals surface area contributed by atoms with Gasteiger partial charge in [0.1, 0.15) is 11.5 Å². The van der Waals surface area contributed by atoms with E-state index in [4.69, 9.17) is 21.1 Å². The molecule has 5 heteroatoms. The van der Waals surface area contributed by atoms with Gasteiger partial charge in [0.15, 0.2) is 0 Å². The van der Waals surface area contributed by atoms with Crippen molar-refractivity contribution >= 4 is 22.9 Å². The molecule has 2 atom stereocenters. The molecule has 1 aromatic carbocycles. The van der Waals surface area contributed by atoms with Crippen molar-refractivity contribution in [1.29, 1.82) is 0 Å². The molecule has 2 heterocycles. The van der Waals surface area contributed by atoms with Gasteiger partial charge in [0.05, 0.1) is 18.1 Å². The number of fused-ring (bicyclic) bond motifs is 1. The van der Waals surface area contributed by atoms with Crippen LogP contribution in [0.1, 0.15) is 35.9 Å².